The zero-order valence-electron chi connectivity index (χ0n) is 24.4. The molecule has 3 aliphatic rings. The number of piperazine rings is 1. The zero-order chi connectivity index (χ0) is 29.1. The van der Waals surface area contributed by atoms with E-state index in [9.17, 15) is 4.79 Å². The Morgan fingerprint density at radius 2 is 1.74 bits per heavy atom. The molecule has 10 nitrogen and oxygen atoms in total. The van der Waals surface area contributed by atoms with Crippen LogP contribution in [0, 0.1) is 5.92 Å². The summed E-state index contributed by atoms with van der Waals surface area (Å²) in [5.41, 5.74) is 11.8. The minimum Gasteiger partial charge on any atom is -0.497 e. The molecule has 222 valence electrons. The molecule has 0 radical (unpaired) electrons. The number of methoxy groups -OCH3 is 2. The van der Waals surface area contributed by atoms with Crippen molar-refractivity contribution in [1.29, 1.82) is 0 Å². The van der Waals surface area contributed by atoms with Crippen LogP contribution in [0.5, 0.6) is 11.5 Å². The molecule has 6 rings (SSSR count). The number of fused-ring (bicyclic) bond motifs is 3. The number of carbonyl (C=O) groups is 1. The second-order valence-electron chi connectivity index (χ2n) is 11.2. The number of anilines is 2. The van der Waals surface area contributed by atoms with Gasteiger partial charge in [0.25, 0.3) is 0 Å². The van der Waals surface area contributed by atoms with E-state index >= 15 is 0 Å². The fourth-order valence-corrected chi connectivity index (χ4v) is 6.04. The van der Waals surface area contributed by atoms with Crippen LogP contribution >= 0.6 is 0 Å². The fraction of sp³-hybridized carbons (Fsp3) is 0.469. The topological polar surface area (TPSA) is 112 Å². The lowest BCUT2D eigenvalue weighted by molar-refractivity contribution is -0.155. The second-order valence-corrected chi connectivity index (χ2v) is 11.2. The summed E-state index contributed by atoms with van der Waals surface area (Å²) in [6.07, 6.45) is 3.47. The second kappa shape index (κ2) is 12.5. The van der Waals surface area contributed by atoms with E-state index < -0.39 is 0 Å². The Morgan fingerprint density at radius 1 is 0.976 bits per heavy atom. The van der Waals surface area contributed by atoms with Gasteiger partial charge in [-0.3, -0.25) is 9.69 Å². The monoisotopic (exact) mass is 573 g/mol. The molecule has 0 unspecified atom stereocenters. The van der Waals surface area contributed by atoms with Gasteiger partial charge in [-0.15, -0.1) is 0 Å². The van der Waals surface area contributed by atoms with Crippen molar-refractivity contribution in [2.45, 2.75) is 38.4 Å². The van der Waals surface area contributed by atoms with Crippen molar-refractivity contribution in [2.24, 2.45) is 5.92 Å². The van der Waals surface area contributed by atoms with Gasteiger partial charge in [0.15, 0.2) is 0 Å². The average Bonchev–Trinajstić information content (AvgIpc) is 3.00. The maximum absolute atomic E-state index is 11.6. The Balaban J connectivity index is 1.05. The molecule has 2 heterocycles. The van der Waals surface area contributed by atoms with Gasteiger partial charge in [-0.1, -0.05) is 12.1 Å². The largest absolute Gasteiger partial charge is 0.497 e. The molecule has 0 atom stereocenters. The van der Waals surface area contributed by atoms with Crippen LogP contribution in [-0.2, 0) is 33.7 Å². The highest BCUT2D eigenvalue weighted by atomic mass is 16.5. The lowest BCUT2D eigenvalue weighted by Crippen LogP contribution is -2.48. The molecular formula is C32H39N5O5. The van der Waals surface area contributed by atoms with Gasteiger partial charge in [0.2, 0.25) is 5.95 Å². The summed E-state index contributed by atoms with van der Waals surface area (Å²) in [6, 6.07) is 14.1. The van der Waals surface area contributed by atoms with E-state index in [0.717, 1.165) is 92.5 Å². The van der Waals surface area contributed by atoms with Crippen LogP contribution in [0.1, 0.15) is 29.5 Å². The SMILES string of the molecule is COC(=O)C1CC(OCCN2CCN(c3nc(N)nc4c3CCc3cc(OCc5ccc(OC)cc5)ccc3-4)CC2)C1. The van der Waals surface area contributed by atoms with Gasteiger partial charge in [-0.25, -0.2) is 4.98 Å². The molecular weight excluding hydrogens is 534 g/mol. The molecule has 2 fully saturated rings. The number of nitrogens with zero attached hydrogens (tertiary/aromatic N) is 4. The summed E-state index contributed by atoms with van der Waals surface area (Å²) in [6.45, 7) is 5.67. The van der Waals surface area contributed by atoms with E-state index in [4.69, 9.17) is 29.7 Å². The number of ether oxygens (including phenoxy) is 4. The third-order valence-corrected chi connectivity index (χ3v) is 8.61. The van der Waals surface area contributed by atoms with Crippen LogP contribution in [0.2, 0.25) is 0 Å². The number of benzene rings is 2. The molecule has 10 heteroatoms. The van der Waals surface area contributed by atoms with Crippen LogP contribution in [0.15, 0.2) is 42.5 Å². The quantitative estimate of drug-likeness (QED) is 0.362. The Morgan fingerprint density at radius 3 is 2.48 bits per heavy atom. The van der Waals surface area contributed by atoms with Gasteiger partial charge in [-0.2, -0.15) is 4.98 Å². The summed E-state index contributed by atoms with van der Waals surface area (Å²) in [4.78, 5) is 25.7. The van der Waals surface area contributed by atoms with Gasteiger partial charge in [0.1, 0.15) is 23.9 Å². The molecule has 0 spiro atoms. The van der Waals surface area contributed by atoms with Crippen molar-refractivity contribution in [3.63, 3.8) is 0 Å². The molecule has 1 saturated heterocycles. The van der Waals surface area contributed by atoms with Gasteiger partial charge in [0, 0.05) is 43.9 Å². The van der Waals surface area contributed by atoms with Crippen molar-refractivity contribution < 1.29 is 23.7 Å². The van der Waals surface area contributed by atoms with Gasteiger partial charge >= 0.3 is 5.97 Å². The van der Waals surface area contributed by atoms with E-state index in [1.54, 1.807) is 7.11 Å². The molecule has 2 aromatic carbocycles. The highest BCUT2D eigenvalue weighted by Gasteiger charge is 2.36. The van der Waals surface area contributed by atoms with Crippen LogP contribution in [0.3, 0.4) is 0 Å². The molecule has 1 aliphatic heterocycles. The van der Waals surface area contributed by atoms with E-state index in [2.05, 4.69) is 26.9 Å². The van der Waals surface area contributed by atoms with E-state index in [1.807, 2.05) is 30.3 Å². The number of esters is 1. The molecule has 0 bridgehead atoms. The standard InChI is InChI=1S/C32H39N5O5/c1-39-24-6-3-21(4-7-24)20-42-25-8-10-27-22(17-25)5-9-28-29(27)34-32(33)35-30(28)37-13-11-36(12-14-37)15-16-41-26-18-23(19-26)31(38)40-2/h3-4,6-8,10,17,23,26H,5,9,11-16,18-20H2,1-2H3,(H2,33,34,35). The Hall–Kier alpha value is -3.89. The number of carbonyl (C=O) groups excluding carboxylic acids is 1. The summed E-state index contributed by atoms with van der Waals surface area (Å²) in [7, 11) is 3.11. The molecule has 0 amide bonds. The van der Waals surface area contributed by atoms with E-state index in [-0.39, 0.29) is 18.0 Å². The molecule has 2 aliphatic carbocycles. The maximum atomic E-state index is 11.6. The number of rotatable bonds is 10. The summed E-state index contributed by atoms with van der Waals surface area (Å²) >= 11 is 0. The zero-order valence-corrected chi connectivity index (χ0v) is 24.4. The number of nitrogen functional groups attached to an aromatic ring is 1. The van der Waals surface area contributed by atoms with Crippen molar-refractivity contribution in [3.05, 3.63) is 59.2 Å². The van der Waals surface area contributed by atoms with Crippen molar-refractivity contribution in [1.82, 2.24) is 14.9 Å². The third kappa shape index (κ3) is 6.15. The highest BCUT2D eigenvalue weighted by molar-refractivity contribution is 5.76. The van der Waals surface area contributed by atoms with Crippen molar-refractivity contribution in [3.8, 4) is 22.8 Å². The predicted molar refractivity (Wildman–Crippen MR) is 160 cm³/mol. The smallest absolute Gasteiger partial charge is 0.308 e. The molecule has 1 saturated carbocycles. The van der Waals surface area contributed by atoms with E-state index in [0.29, 0.717) is 19.2 Å². The fourth-order valence-electron chi connectivity index (χ4n) is 6.04. The first-order valence-electron chi connectivity index (χ1n) is 14.7. The Kier molecular flexibility index (Phi) is 8.43. The minimum absolute atomic E-state index is 0.00206. The molecule has 3 aromatic rings. The summed E-state index contributed by atoms with van der Waals surface area (Å²) in [5, 5.41) is 0. The average molecular weight is 574 g/mol. The Labute approximate surface area is 246 Å². The molecule has 2 N–H and O–H groups in total. The minimum atomic E-state index is -0.124. The predicted octanol–water partition coefficient (Wildman–Crippen LogP) is 3.50. The maximum Gasteiger partial charge on any atom is 0.308 e. The third-order valence-electron chi connectivity index (χ3n) is 8.61. The van der Waals surface area contributed by atoms with Crippen LogP contribution in [0.4, 0.5) is 11.8 Å². The van der Waals surface area contributed by atoms with Crippen LogP contribution in [0.25, 0.3) is 11.3 Å². The first kappa shape index (κ1) is 28.2. The lowest BCUT2D eigenvalue weighted by atomic mass is 9.82. The first-order valence-corrected chi connectivity index (χ1v) is 14.7. The normalized spacial score (nSPS) is 19.8. The highest BCUT2D eigenvalue weighted by Crippen LogP contribution is 2.39. The van der Waals surface area contributed by atoms with Crippen LogP contribution < -0.4 is 20.1 Å². The summed E-state index contributed by atoms with van der Waals surface area (Å²) in [5.74, 6) is 2.82. The molecule has 1 aromatic heterocycles. The first-order chi connectivity index (χ1) is 20.5. The lowest BCUT2D eigenvalue weighted by Gasteiger charge is -2.38. The van der Waals surface area contributed by atoms with Crippen LogP contribution in [-0.4, -0.2) is 80.5 Å². The van der Waals surface area contributed by atoms with E-state index in [1.165, 1.54) is 18.2 Å². The van der Waals surface area contributed by atoms with Gasteiger partial charge < -0.3 is 29.6 Å². The number of aryl methyl sites for hydroxylation is 1. The van der Waals surface area contributed by atoms with Gasteiger partial charge in [0.05, 0.1) is 38.5 Å². The number of nitrogens with two attached hydrogens (primary N) is 1. The van der Waals surface area contributed by atoms with Gasteiger partial charge in [-0.05, 0) is 67.1 Å². The Bertz CT molecular complexity index is 1400. The number of aromatic nitrogens is 2. The number of hydrogen-bond acceptors (Lipinski definition) is 10. The molecule has 42 heavy (non-hydrogen) atoms. The van der Waals surface area contributed by atoms with Crippen molar-refractivity contribution >= 4 is 17.7 Å². The summed E-state index contributed by atoms with van der Waals surface area (Å²) < 4.78 is 22.1. The number of hydrogen-bond donors (Lipinski definition) is 1. The van der Waals surface area contributed by atoms with Crippen molar-refractivity contribution in [2.75, 3.05) is 64.2 Å².